The zero-order valence-electron chi connectivity index (χ0n) is 14.9. The summed E-state index contributed by atoms with van der Waals surface area (Å²) in [7, 11) is 0. The van der Waals surface area contributed by atoms with E-state index in [4.69, 9.17) is 0 Å². The third kappa shape index (κ3) is 2.72. The first kappa shape index (κ1) is 16.3. The number of carbonyl (C=O) groups is 1. The summed E-state index contributed by atoms with van der Waals surface area (Å²) in [5.74, 6) is 0.582. The van der Waals surface area contributed by atoms with Gasteiger partial charge in [-0.3, -0.25) is 4.79 Å². The predicted molar refractivity (Wildman–Crippen MR) is 97.8 cm³/mol. The first-order valence-corrected chi connectivity index (χ1v) is 9.75. The predicted octanol–water partition coefficient (Wildman–Crippen LogP) is 3.24. The van der Waals surface area contributed by atoms with Crippen molar-refractivity contribution >= 4 is 6.29 Å². The van der Waals surface area contributed by atoms with Crippen molar-refractivity contribution < 1.29 is 4.79 Å². The van der Waals surface area contributed by atoms with Crippen LogP contribution in [0.15, 0.2) is 34.9 Å². The molecule has 2 aliphatic carbocycles. The number of carbonyl (C=O) groups excluding carboxylic acids is 1. The van der Waals surface area contributed by atoms with Crippen LogP contribution in [0.2, 0.25) is 0 Å². The van der Waals surface area contributed by atoms with Crippen molar-refractivity contribution in [2.45, 2.75) is 51.5 Å². The second-order valence-electron chi connectivity index (χ2n) is 8.15. The molecule has 130 valence electrons. The Balaban J connectivity index is 1.56. The lowest BCUT2D eigenvalue weighted by molar-refractivity contribution is -0.104. The number of hydrogen-bond donors (Lipinski definition) is 1. The molecular formula is C21H30N2O. The van der Waals surface area contributed by atoms with Gasteiger partial charge in [-0.25, -0.2) is 0 Å². The molecule has 0 radical (unpaired) electrons. The Bertz CT molecular complexity index is 587. The molecule has 3 nitrogen and oxygen atoms in total. The molecular weight excluding hydrogens is 296 g/mol. The molecule has 3 heteroatoms. The van der Waals surface area contributed by atoms with Gasteiger partial charge in [-0.15, -0.1) is 0 Å². The molecule has 24 heavy (non-hydrogen) atoms. The van der Waals surface area contributed by atoms with Crippen LogP contribution in [0.3, 0.4) is 0 Å². The number of rotatable bonds is 2. The van der Waals surface area contributed by atoms with E-state index in [9.17, 15) is 4.79 Å². The van der Waals surface area contributed by atoms with E-state index in [2.05, 4.69) is 35.4 Å². The fraction of sp³-hybridized carbons (Fsp3) is 0.667. The molecule has 4 rings (SSSR count). The third-order valence-electron chi connectivity index (χ3n) is 6.86. The Labute approximate surface area is 145 Å². The maximum Gasteiger partial charge on any atom is 0.150 e. The molecule has 2 fully saturated rings. The van der Waals surface area contributed by atoms with Crippen LogP contribution in [0.25, 0.3) is 0 Å². The van der Waals surface area contributed by atoms with E-state index in [1.807, 2.05) is 0 Å². The van der Waals surface area contributed by atoms with Crippen molar-refractivity contribution in [2.75, 3.05) is 26.2 Å². The second-order valence-corrected chi connectivity index (χ2v) is 8.15. The lowest BCUT2D eigenvalue weighted by Gasteiger charge is -2.50. The van der Waals surface area contributed by atoms with Crippen LogP contribution in [0.5, 0.6) is 0 Å². The maximum absolute atomic E-state index is 11.5. The topological polar surface area (TPSA) is 32.3 Å². The van der Waals surface area contributed by atoms with E-state index < -0.39 is 0 Å². The largest absolute Gasteiger partial charge is 0.317 e. The van der Waals surface area contributed by atoms with Crippen molar-refractivity contribution in [3.05, 3.63) is 34.9 Å². The summed E-state index contributed by atoms with van der Waals surface area (Å²) in [5.41, 5.74) is 4.10. The number of nitrogens with one attached hydrogen (secondary N) is 1. The van der Waals surface area contributed by atoms with Gasteiger partial charge in [0.1, 0.15) is 6.29 Å². The van der Waals surface area contributed by atoms with E-state index >= 15 is 0 Å². The molecule has 0 saturated carbocycles. The molecule has 1 atom stereocenters. The normalized spacial score (nSPS) is 31.0. The van der Waals surface area contributed by atoms with E-state index in [1.165, 1.54) is 57.4 Å². The summed E-state index contributed by atoms with van der Waals surface area (Å²) in [6, 6.07) is 0.783. The Morgan fingerprint density at radius 2 is 2.00 bits per heavy atom. The van der Waals surface area contributed by atoms with Gasteiger partial charge in [0.2, 0.25) is 0 Å². The summed E-state index contributed by atoms with van der Waals surface area (Å²) >= 11 is 0. The number of hydrogen-bond acceptors (Lipinski definition) is 3. The van der Waals surface area contributed by atoms with Crippen LogP contribution >= 0.6 is 0 Å². The van der Waals surface area contributed by atoms with Crippen LogP contribution in [0.1, 0.15) is 45.4 Å². The van der Waals surface area contributed by atoms with Gasteiger partial charge in [0.25, 0.3) is 0 Å². The van der Waals surface area contributed by atoms with Gasteiger partial charge in [0.15, 0.2) is 0 Å². The minimum absolute atomic E-state index is 0.315. The van der Waals surface area contributed by atoms with Crippen molar-refractivity contribution in [1.29, 1.82) is 0 Å². The fourth-order valence-corrected chi connectivity index (χ4v) is 5.52. The quantitative estimate of drug-likeness (QED) is 0.791. The number of piperidine rings is 2. The molecule has 0 aromatic carbocycles. The Hall–Kier alpha value is -1.19. The lowest BCUT2D eigenvalue weighted by atomic mass is 9.60. The Morgan fingerprint density at radius 1 is 1.25 bits per heavy atom. The minimum Gasteiger partial charge on any atom is -0.317 e. The number of allylic oxidation sites excluding steroid dienone is 6. The Kier molecular flexibility index (Phi) is 4.48. The number of likely N-dealkylation sites (tertiary alicyclic amines) is 1. The minimum atomic E-state index is 0.315. The summed E-state index contributed by atoms with van der Waals surface area (Å²) in [4.78, 5) is 14.2. The molecule has 2 heterocycles. The molecule has 0 aromatic rings. The molecule has 0 bridgehead atoms. The molecule has 1 N–H and O–H groups in total. The van der Waals surface area contributed by atoms with Crippen molar-refractivity contribution in [1.82, 2.24) is 10.2 Å². The van der Waals surface area contributed by atoms with E-state index in [0.29, 0.717) is 11.3 Å². The molecule has 1 spiro atoms. The van der Waals surface area contributed by atoms with E-state index in [0.717, 1.165) is 30.7 Å². The summed E-state index contributed by atoms with van der Waals surface area (Å²) in [6.45, 7) is 7.15. The van der Waals surface area contributed by atoms with Crippen LogP contribution < -0.4 is 5.32 Å². The maximum atomic E-state index is 11.5. The third-order valence-corrected chi connectivity index (χ3v) is 6.86. The van der Waals surface area contributed by atoms with Crippen molar-refractivity contribution in [3.63, 3.8) is 0 Å². The summed E-state index contributed by atoms with van der Waals surface area (Å²) < 4.78 is 0. The molecule has 4 aliphatic rings. The van der Waals surface area contributed by atoms with Crippen LogP contribution in [-0.2, 0) is 4.79 Å². The molecule has 2 saturated heterocycles. The second kappa shape index (κ2) is 6.61. The molecule has 0 amide bonds. The highest BCUT2D eigenvalue weighted by Gasteiger charge is 2.43. The number of aldehydes is 1. The zero-order chi connectivity index (χ0) is 16.6. The monoisotopic (exact) mass is 326 g/mol. The van der Waals surface area contributed by atoms with Crippen LogP contribution in [-0.4, -0.2) is 43.4 Å². The average molecular weight is 326 g/mol. The highest BCUT2D eigenvalue weighted by atomic mass is 16.1. The molecule has 2 aliphatic heterocycles. The van der Waals surface area contributed by atoms with Crippen LogP contribution in [0.4, 0.5) is 0 Å². The fourth-order valence-electron chi connectivity index (χ4n) is 5.52. The van der Waals surface area contributed by atoms with E-state index in [-0.39, 0.29) is 0 Å². The molecule has 0 unspecified atom stereocenters. The lowest BCUT2D eigenvalue weighted by Crippen LogP contribution is -2.50. The van der Waals surface area contributed by atoms with Gasteiger partial charge in [0, 0.05) is 11.6 Å². The van der Waals surface area contributed by atoms with E-state index in [1.54, 1.807) is 5.57 Å². The zero-order valence-corrected chi connectivity index (χ0v) is 14.9. The summed E-state index contributed by atoms with van der Waals surface area (Å²) in [6.07, 6.45) is 15.1. The van der Waals surface area contributed by atoms with Gasteiger partial charge in [-0.1, -0.05) is 30.7 Å². The first-order valence-electron chi connectivity index (χ1n) is 9.75. The smallest absolute Gasteiger partial charge is 0.150 e. The number of nitrogens with zero attached hydrogens (tertiary/aromatic N) is 1. The summed E-state index contributed by atoms with van der Waals surface area (Å²) in [5, 5.41) is 3.48. The number of fused-ring (bicyclic) bond motifs is 1. The van der Waals surface area contributed by atoms with Crippen molar-refractivity contribution in [3.8, 4) is 0 Å². The van der Waals surface area contributed by atoms with Gasteiger partial charge < -0.3 is 10.2 Å². The first-order chi connectivity index (χ1) is 11.7. The molecule has 0 aromatic heterocycles. The van der Waals surface area contributed by atoms with Crippen molar-refractivity contribution in [2.24, 2.45) is 11.3 Å². The SMILES string of the molecule is C[C@H]1CC=CC2=C1C1(CC=C2C=O)CCN(C2CCNCC2)CC1. The van der Waals surface area contributed by atoms with Gasteiger partial charge in [0.05, 0.1) is 0 Å². The highest BCUT2D eigenvalue weighted by Crippen LogP contribution is 2.52. The standard InChI is InChI=1S/C21H30N2O/c1-16-3-2-4-19-17(15-24)5-8-21(20(16)19)9-13-23(14-10-21)18-6-11-22-12-7-18/h2,4-5,15-16,18,22H,3,6-14H2,1H3/t16-/m0/s1. The van der Waals surface area contributed by atoms with Gasteiger partial charge in [-0.2, -0.15) is 0 Å². The van der Waals surface area contributed by atoms with Crippen LogP contribution in [0, 0.1) is 11.3 Å². The van der Waals surface area contributed by atoms with Gasteiger partial charge in [-0.05, 0) is 81.6 Å². The Morgan fingerprint density at radius 3 is 2.71 bits per heavy atom. The van der Waals surface area contributed by atoms with Gasteiger partial charge >= 0.3 is 0 Å². The highest BCUT2D eigenvalue weighted by molar-refractivity contribution is 5.83. The average Bonchev–Trinajstić information content (AvgIpc) is 2.64.